The van der Waals surface area contributed by atoms with E-state index in [1.807, 2.05) is 11.8 Å². The van der Waals surface area contributed by atoms with Gasteiger partial charge in [-0.1, -0.05) is 13.8 Å². The summed E-state index contributed by atoms with van der Waals surface area (Å²) in [5.41, 5.74) is 0. The number of hydrogen-bond donors (Lipinski definition) is 1. The van der Waals surface area contributed by atoms with Gasteiger partial charge in [0.2, 0.25) is 0 Å². The molecule has 0 heterocycles. The Balaban J connectivity index is 2.29. The van der Waals surface area contributed by atoms with E-state index < -0.39 is 5.97 Å². The molecule has 1 N–H and O–H groups in total. The molecule has 1 saturated carbocycles. The van der Waals surface area contributed by atoms with Gasteiger partial charge in [-0.05, 0) is 19.3 Å². The molecule has 1 aliphatic carbocycles. The Kier molecular flexibility index (Phi) is 3.44. The number of thioether (sulfide) groups is 1. The molecule has 0 bridgehead atoms. The molecule has 12 heavy (non-hydrogen) atoms. The van der Waals surface area contributed by atoms with Crippen molar-refractivity contribution >= 4 is 17.7 Å². The highest BCUT2D eigenvalue weighted by Crippen LogP contribution is 2.40. The molecule has 0 aromatic carbocycles. The van der Waals surface area contributed by atoms with E-state index in [0.717, 1.165) is 19.3 Å². The van der Waals surface area contributed by atoms with Gasteiger partial charge >= 0.3 is 5.97 Å². The first kappa shape index (κ1) is 9.90. The second-order valence-electron chi connectivity index (χ2n) is 3.42. The number of aliphatic carboxylic acids is 1. The fraction of sp³-hybridized carbons (Fsp3) is 0.889. The zero-order valence-electron chi connectivity index (χ0n) is 7.62. The first-order valence-electron chi connectivity index (χ1n) is 4.53. The summed E-state index contributed by atoms with van der Waals surface area (Å²) in [6.45, 7) is 4.31. The molecule has 1 aliphatic rings. The third-order valence-electron chi connectivity index (χ3n) is 2.51. The zero-order valence-corrected chi connectivity index (χ0v) is 8.43. The number of carboxylic acids is 1. The van der Waals surface area contributed by atoms with Crippen molar-refractivity contribution in [2.24, 2.45) is 5.92 Å². The smallest absolute Gasteiger partial charge is 0.307 e. The Morgan fingerprint density at radius 1 is 1.67 bits per heavy atom. The summed E-state index contributed by atoms with van der Waals surface area (Å²) in [6.07, 6.45) is 3.10. The summed E-state index contributed by atoms with van der Waals surface area (Å²) >= 11 is 1.84. The van der Waals surface area contributed by atoms with Crippen molar-refractivity contribution in [3.8, 4) is 0 Å². The van der Waals surface area contributed by atoms with Gasteiger partial charge in [0, 0.05) is 10.5 Å². The summed E-state index contributed by atoms with van der Waals surface area (Å²) in [5, 5.41) is 9.77. The van der Waals surface area contributed by atoms with Crippen molar-refractivity contribution in [2.75, 3.05) is 0 Å². The molecule has 0 aromatic heterocycles. The standard InChI is InChI=1S/C9H16O2S/c1-3-6(2)12-8-5-4-7(8)9(10)11/h6-8H,3-5H2,1-2H3,(H,10,11). The van der Waals surface area contributed by atoms with Gasteiger partial charge in [0.15, 0.2) is 0 Å². The number of hydrogen-bond acceptors (Lipinski definition) is 2. The van der Waals surface area contributed by atoms with Crippen molar-refractivity contribution in [2.45, 2.75) is 43.6 Å². The van der Waals surface area contributed by atoms with Crippen LogP contribution in [0.5, 0.6) is 0 Å². The molecule has 2 nitrogen and oxygen atoms in total. The fourth-order valence-corrected chi connectivity index (χ4v) is 2.81. The number of carboxylic acid groups (broad SMARTS) is 1. The van der Waals surface area contributed by atoms with E-state index >= 15 is 0 Å². The highest BCUT2D eigenvalue weighted by molar-refractivity contribution is 8.00. The lowest BCUT2D eigenvalue weighted by Gasteiger charge is -2.34. The van der Waals surface area contributed by atoms with Crippen LogP contribution in [0.3, 0.4) is 0 Å². The van der Waals surface area contributed by atoms with Crippen LogP contribution in [0.4, 0.5) is 0 Å². The van der Waals surface area contributed by atoms with Crippen molar-refractivity contribution in [3.63, 3.8) is 0 Å². The van der Waals surface area contributed by atoms with E-state index in [2.05, 4.69) is 13.8 Å². The first-order chi connectivity index (χ1) is 5.65. The maximum Gasteiger partial charge on any atom is 0.307 e. The van der Waals surface area contributed by atoms with E-state index in [4.69, 9.17) is 5.11 Å². The summed E-state index contributed by atoms with van der Waals surface area (Å²) in [7, 11) is 0. The molecule has 1 rings (SSSR count). The molecule has 0 radical (unpaired) electrons. The second kappa shape index (κ2) is 4.17. The van der Waals surface area contributed by atoms with E-state index in [1.54, 1.807) is 0 Å². The van der Waals surface area contributed by atoms with Crippen LogP contribution in [0, 0.1) is 5.92 Å². The van der Waals surface area contributed by atoms with Crippen LogP contribution >= 0.6 is 11.8 Å². The normalized spacial score (nSPS) is 30.8. The Hall–Kier alpha value is -0.180. The van der Waals surface area contributed by atoms with Crippen molar-refractivity contribution in [1.82, 2.24) is 0 Å². The highest BCUT2D eigenvalue weighted by Gasteiger charge is 2.37. The Morgan fingerprint density at radius 2 is 2.33 bits per heavy atom. The quantitative estimate of drug-likeness (QED) is 0.736. The average molecular weight is 188 g/mol. The minimum absolute atomic E-state index is 0.0657. The van der Waals surface area contributed by atoms with Crippen molar-refractivity contribution < 1.29 is 9.90 Å². The van der Waals surface area contributed by atoms with Gasteiger partial charge in [-0.3, -0.25) is 4.79 Å². The lowest BCUT2D eigenvalue weighted by atomic mass is 9.85. The molecule has 0 saturated heterocycles. The van der Waals surface area contributed by atoms with Crippen molar-refractivity contribution in [1.29, 1.82) is 0 Å². The molecule has 3 unspecified atom stereocenters. The van der Waals surface area contributed by atoms with Crippen LogP contribution in [0.1, 0.15) is 33.1 Å². The maximum atomic E-state index is 10.6. The zero-order chi connectivity index (χ0) is 9.14. The molecule has 3 heteroatoms. The molecule has 70 valence electrons. The molecule has 3 atom stereocenters. The lowest BCUT2D eigenvalue weighted by Crippen LogP contribution is -2.36. The van der Waals surface area contributed by atoms with Crippen LogP contribution < -0.4 is 0 Å². The summed E-state index contributed by atoms with van der Waals surface area (Å²) in [6, 6.07) is 0. The SMILES string of the molecule is CCC(C)SC1CCC1C(=O)O. The largest absolute Gasteiger partial charge is 0.481 e. The minimum atomic E-state index is -0.609. The topological polar surface area (TPSA) is 37.3 Å². The molecule has 0 spiro atoms. The molecular formula is C9H16O2S. The lowest BCUT2D eigenvalue weighted by molar-refractivity contribution is -0.144. The van der Waals surface area contributed by atoms with Crippen LogP contribution in [-0.2, 0) is 4.79 Å². The predicted molar refractivity (Wildman–Crippen MR) is 51.5 cm³/mol. The molecule has 0 aliphatic heterocycles. The maximum absolute atomic E-state index is 10.6. The van der Waals surface area contributed by atoms with E-state index in [0.29, 0.717) is 10.5 Å². The van der Waals surface area contributed by atoms with E-state index in [-0.39, 0.29) is 5.92 Å². The van der Waals surface area contributed by atoms with Gasteiger partial charge in [0.05, 0.1) is 5.92 Å². The second-order valence-corrected chi connectivity index (χ2v) is 5.10. The summed E-state index contributed by atoms with van der Waals surface area (Å²) in [5.74, 6) is -0.675. The van der Waals surface area contributed by atoms with Crippen LogP contribution in [0.25, 0.3) is 0 Å². The third kappa shape index (κ3) is 2.16. The van der Waals surface area contributed by atoms with Gasteiger partial charge in [-0.2, -0.15) is 11.8 Å². The molecular weight excluding hydrogens is 172 g/mol. The molecule has 0 amide bonds. The van der Waals surface area contributed by atoms with Gasteiger partial charge < -0.3 is 5.11 Å². The number of rotatable bonds is 4. The third-order valence-corrected chi connectivity index (χ3v) is 4.22. The summed E-state index contributed by atoms with van der Waals surface area (Å²) < 4.78 is 0. The number of carbonyl (C=O) groups is 1. The van der Waals surface area contributed by atoms with Crippen LogP contribution in [-0.4, -0.2) is 21.6 Å². The first-order valence-corrected chi connectivity index (χ1v) is 5.47. The van der Waals surface area contributed by atoms with Crippen LogP contribution in [0.15, 0.2) is 0 Å². The Labute approximate surface area is 77.7 Å². The van der Waals surface area contributed by atoms with Gasteiger partial charge in [0.25, 0.3) is 0 Å². The Morgan fingerprint density at radius 3 is 2.67 bits per heavy atom. The minimum Gasteiger partial charge on any atom is -0.481 e. The Bertz CT molecular complexity index is 170. The van der Waals surface area contributed by atoms with E-state index in [1.165, 1.54) is 0 Å². The highest BCUT2D eigenvalue weighted by atomic mass is 32.2. The molecule has 0 aromatic rings. The van der Waals surface area contributed by atoms with Gasteiger partial charge in [0.1, 0.15) is 0 Å². The summed E-state index contributed by atoms with van der Waals surface area (Å²) in [4.78, 5) is 10.6. The predicted octanol–water partition coefficient (Wildman–Crippen LogP) is 2.38. The van der Waals surface area contributed by atoms with Crippen LogP contribution in [0.2, 0.25) is 0 Å². The molecule has 1 fully saturated rings. The van der Waals surface area contributed by atoms with E-state index in [9.17, 15) is 4.79 Å². The van der Waals surface area contributed by atoms with Gasteiger partial charge in [-0.25, -0.2) is 0 Å². The van der Waals surface area contributed by atoms with Crippen molar-refractivity contribution in [3.05, 3.63) is 0 Å². The average Bonchev–Trinajstić information content (AvgIpc) is 1.96. The fourth-order valence-electron chi connectivity index (χ4n) is 1.31. The van der Waals surface area contributed by atoms with Gasteiger partial charge in [-0.15, -0.1) is 0 Å². The monoisotopic (exact) mass is 188 g/mol.